The van der Waals surface area contributed by atoms with Crippen molar-refractivity contribution in [1.29, 1.82) is 0 Å². The molecule has 7 heteroatoms. The van der Waals surface area contributed by atoms with E-state index in [0.717, 1.165) is 46.5 Å². The molecular formula is C26H29N5O2. The first-order valence-electron chi connectivity index (χ1n) is 11.5. The lowest BCUT2D eigenvalue weighted by Gasteiger charge is -2.15. The number of hydrogen-bond acceptors (Lipinski definition) is 6. The number of nitrogens with zero attached hydrogens (tertiary/aromatic N) is 4. The number of aromatic nitrogens is 3. The molecule has 2 heterocycles. The second kappa shape index (κ2) is 8.84. The molecule has 0 aliphatic carbocycles. The van der Waals surface area contributed by atoms with Gasteiger partial charge in [0.15, 0.2) is 12.5 Å². The van der Waals surface area contributed by atoms with Crippen molar-refractivity contribution in [2.45, 2.75) is 39.6 Å². The van der Waals surface area contributed by atoms with Crippen LogP contribution in [0.2, 0.25) is 0 Å². The molecule has 1 saturated heterocycles. The van der Waals surface area contributed by atoms with E-state index in [4.69, 9.17) is 4.74 Å². The number of nitrogens with one attached hydrogen (secondary N) is 1. The van der Waals surface area contributed by atoms with Crippen LogP contribution in [0.5, 0.6) is 5.75 Å². The third kappa shape index (κ3) is 4.42. The van der Waals surface area contributed by atoms with Crippen molar-refractivity contribution in [1.82, 2.24) is 19.9 Å². The smallest absolute Gasteiger partial charge is 0.170 e. The molecule has 0 amide bonds. The van der Waals surface area contributed by atoms with Gasteiger partial charge in [0.25, 0.3) is 0 Å². The molecule has 1 aliphatic heterocycles. The summed E-state index contributed by atoms with van der Waals surface area (Å²) >= 11 is 0. The van der Waals surface area contributed by atoms with Gasteiger partial charge in [-0.1, -0.05) is 44.2 Å². The van der Waals surface area contributed by atoms with Crippen LogP contribution in [0, 0.1) is 6.92 Å². The van der Waals surface area contributed by atoms with E-state index in [1.807, 2.05) is 43.3 Å². The lowest BCUT2D eigenvalue weighted by molar-refractivity contribution is 0.191. The lowest BCUT2D eigenvalue weighted by Crippen LogP contribution is -2.29. The maximum atomic E-state index is 11.0. The zero-order chi connectivity index (χ0) is 22.9. The molecule has 170 valence electrons. The van der Waals surface area contributed by atoms with E-state index in [0.29, 0.717) is 12.1 Å². The van der Waals surface area contributed by atoms with E-state index in [1.165, 1.54) is 4.80 Å². The molecule has 4 aromatic rings. The fraction of sp³-hybridized carbons (Fsp3) is 0.308. The highest BCUT2D eigenvalue weighted by Gasteiger charge is 2.42. The third-order valence-electron chi connectivity index (χ3n) is 6.11. The second-order valence-electron chi connectivity index (χ2n) is 8.46. The minimum absolute atomic E-state index is 0.0382. The van der Waals surface area contributed by atoms with Crippen molar-refractivity contribution >= 4 is 16.7 Å². The van der Waals surface area contributed by atoms with Crippen LogP contribution in [0.25, 0.3) is 16.7 Å². The van der Waals surface area contributed by atoms with E-state index in [2.05, 4.69) is 58.5 Å². The Morgan fingerprint density at radius 3 is 2.30 bits per heavy atom. The summed E-state index contributed by atoms with van der Waals surface area (Å²) in [6.45, 7) is 8.26. The Labute approximate surface area is 193 Å². The van der Waals surface area contributed by atoms with Crippen molar-refractivity contribution in [3.05, 3.63) is 77.4 Å². The number of benzene rings is 3. The summed E-state index contributed by atoms with van der Waals surface area (Å²) in [5.41, 5.74) is 6.22. The number of likely N-dealkylation sites (N-methyl/N-ethyl adjacent to an activating group) is 1. The Balaban J connectivity index is 1.32. The average Bonchev–Trinajstić information content (AvgIpc) is 3.42. The van der Waals surface area contributed by atoms with E-state index >= 15 is 0 Å². The van der Waals surface area contributed by atoms with Crippen LogP contribution >= 0.6 is 0 Å². The molecule has 2 N–H and O–H groups in total. The average molecular weight is 444 g/mol. The summed E-state index contributed by atoms with van der Waals surface area (Å²) in [6.07, 6.45) is 0.801. The van der Waals surface area contributed by atoms with Gasteiger partial charge in [-0.3, -0.25) is 4.90 Å². The van der Waals surface area contributed by atoms with Gasteiger partial charge >= 0.3 is 0 Å². The quantitative estimate of drug-likeness (QED) is 0.392. The number of phenols is 1. The largest absolute Gasteiger partial charge is 0.505 e. The SMILES string of the molecule is CCN(CC)C1OC1Nc1ccc(Cc2cc(C)cc(-n3nc4ccccc4n3)c2O)cc1. The molecule has 7 nitrogen and oxygen atoms in total. The Hall–Kier alpha value is -3.42. The maximum absolute atomic E-state index is 11.0. The van der Waals surface area contributed by atoms with Crippen LogP contribution in [0.4, 0.5) is 5.69 Å². The molecule has 2 unspecified atom stereocenters. The molecule has 5 rings (SSSR count). The lowest BCUT2D eigenvalue weighted by atomic mass is 10.0. The van der Waals surface area contributed by atoms with Crippen molar-refractivity contribution in [3.63, 3.8) is 0 Å². The fourth-order valence-electron chi connectivity index (χ4n) is 4.26. The summed E-state index contributed by atoms with van der Waals surface area (Å²) in [6, 6.07) is 19.9. The van der Waals surface area contributed by atoms with Gasteiger partial charge in [-0.2, -0.15) is 0 Å². The van der Waals surface area contributed by atoms with Crippen LogP contribution in [0.1, 0.15) is 30.5 Å². The predicted molar refractivity (Wildman–Crippen MR) is 130 cm³/mol. The van der Waals surface area contributed by atoms with Crippen molar-refractivity contribution < 1.29 is 9.84 Å². The van der Waals surface area contributed by atoms with E-state index in [1.54, 1.807) is 0 Å². The number of hydrogen-bond donors (Lipinski definition) is 2. The third-order valence-corrected chi connectivity index (χ3v) is 6.11. The molecule has 0 saturated carbocycles. The van der Waals surface area contributed by atoms with Gasteiger partial charge in [-0.25, -0.2) is 0 Å². The zero-order valence-corrected chi connectivity index (χ0v) is 19.2. The predicted octanol–water partition coefficient (Wildman–Crippen LogP) is 4.46. The summed E-state index contributed by atoms with van der Waals surface area (Å²) < 4.78 is 5.76. The zero-order valence-electron chi connectivity index (χ0n) is 19.2. The van der Waals surface area contributed by atoms with E-state index < -0.39 is 0 Å². The number of anilines is 1. The number of ether oxygens (including phenoxy) is 1. The van der Waals surface area contributed by atoms with Crippen molar-refractivity contribution in [3.8, 4) is 11.4 Å². The van der Waals surface area contributed by atoms with Crippen LogP contribution in [-0.4, -0.2) is 50.5 Å². The standard InChI is InChI=1S/C26H29N5O2/c1-4-30(5-2)26-25(33-26)27-20-12-10-18(11-13-20)16-19-14-17(3)15-23(24(19)32)31-28-21-8-6-7-9-22(21)29-31/h6-15,25-27,32H,4-5,16H2,1-3H3. The summed E-state index contributed by atoms with van der Waals surface area (Å²) in [4.78, 5) is 3.81. The van der Waals surface area contributed by atoms with Gasteiger partial charge < -0.3 is 15.2 Å². The molecule has 1 fully saturated rings. The molecule has 1 aromatic heterocycles. The molecule has 0 spiro atoms. The number of epoxide rings is 1. The maximum Gasteiger partial charge on any atom is 0.170 e. The molecule has 0 bridgehead atoms. The molecule has 1 aliphatic rings. The number of aryl methyl sites for hydroxylation is 1. The second-order valence-corrected chi connectivity index (χ2v) is 8.46. The van der Waals surface area contributed by atoms with E-state index in [-0.39, 0.29) is 18.2 Å². The first-order chi connectivity index (χ1) is 16.1. The van der Waals surface area contributed by atoms with Gasteiger partial charge in [0.2, 0.25) is 0 Å². The first-order valence-corrected chi connectivity index (χ1v) is 11.5. The normalized spacial score (nSPS) is 17.6. The van der Waals surface area contributed by atoms with Crippen LogP contribution in [0.15, 0.2) is 60.7 Å². The number of phenolic OH excluding ortho intramolecular Hbond substituents is 1. The molecule has 2 atom stereocenters. The van der Waals surface area contributed by atoms with Crippen LogP contribution in [-0.2, 0) is 11.2 Å². The molecule has 0 radical (unpaired) electrons. The first kappa shape index (κ1) is 21.4. The molecule has 3 aromatic carbocycles. The Morgan fingerprint density at radius 2 is 1.67 bits per heavy atom. The summed E-state index contributed by atoms with van der Waals surface area (Å²) in [5.74, 6) is 0.205. The fourth-order valence-corrected chi connectivity index (χ4v) is 4.26. The van der Waals surface area contributed by atoms with Gasteiger partial charge in [-0.15, -0.1) is 15.0 Å². The number of rotatable bonds is 8. The number of fused-ring (bicyclic) bond motifs is 1. The van der Waals surface area contributed by atoms with Gasteiger partial charge in [-0.05, 0) is 61.5 Å². The van der Waals surface area contributed by atoms with E-state index in [9.17, 15) is 5.11 Å². The van der Waals surface area contributed by atoms with Crippen molar-refractivity contribution in [2.24, 2.45) is 0 Å². The van der Waals surface area contributed by atoms with Crippen molar-refractivity contribution in [2.75, 3.05) is 18.4 Å². The summed E-state index contributed by atoms with van der Waals surface area (Å²) in [7, 11) is 0. The monoisotopic (exact) mass is 443 g/mol. The minimum Gasteiger partial charge on any atom is -0.505 e. The Morgan fingerprint density at radius 1 is 1.00 bits per heavy atom. The highest BCUT2D eigenvalue weighted by molar-refractivity contribution is 5.73. The topological polar surface area (TPSA) is 78.7 Å². The Bertz CT molecular complexity index is 1230. The highest BCUT2D eigenvalue weighted by atomic mass is 16.6. The number of aromatic hydroxyl groups is 1. The van der Waals surface area contributed by atoms with Gasteiger partial charge in [0.05, 0.1) is 0 Å². The highest BCUT2D eigenvalue weighted by Crippen LogP contribution is 2.31. The molecular weight excluding hydrogens is 414 g/mol. The van der Waals surface area contributed by atoms with Gasteiger partial charge in [0.1, 0.15) is 22.5 Å². The minimum atomic E-state index is 0.0382. The summed E-state index contributed by atoms with van der Waals surface area (Å²) in [5, 5.41) is 23.5. The Kier molecular flexibility index (Phi) is 5.74. The van der Waals surface area contributed by atoms with Crippen LogP contribution < -0.4 is 5.32 Å². The van der Waals surface area contributed by atoms with Crippen LogP contribution in [0.3, 0.4) is 0 Å². The van der Waals surface area contributed by atoms with Gasteiger partial charge in [0, 0.05) is 17.7 Å². The molecule has 33 heavy (non-hydrogen) atoms.